The highest BCUT2D eigenvalue weighted by Crippen LogP contribution is 2.48. The molecular weight excluding hydrogens is 285 g/mol. The largest absolute Gasteiger partial charge is 0.496 e. The summed E-state index contributed by atoms with van der Waals surface area (Å²) in [5.41, 5.74) is 0.727. The SMILES string of the molecule is COc1cc(Cl)ccc1C(=O)NCC1(CCCl)CC1. The lowest BCUT2D eigenvalue weighted by molar-refractivity contribution is 0.0941. The quantitative estimate of drug-likeness (QED) is 0.817. The van der Waals surface area contributed by atoms with Gasteiger partial charge in [-0.2, -0.15) is 0 Å². The van der Waals surface area contributed by atoms with E-state index in [9.17, 15) is 4.79 Å². The number of carbonyl (C=O) groups is 1. The van der Waals surface area contributed by atoms with Gasteiger partial charge in [-0.1, -0.05) is 11.6 Å². The van der Waals surface area contributed by atoms with E-state index in [4.69, 9.17) is 27.9 Å². The fourth-order valence-electron chi connectivity index (χ4n) is 2.11. The second kappa shape index (κ2) is 6.02. The topological polar surface area (TPSA) is 38.3 Å². The zero-order chi connectivity index (χ0) is 13.9. The molecule has 0 spiro atoms. The lowest BCUT2D eigenvalue weighted by atomic mass is 10.0. The molecule has 0 atom stereocenters. The number of hydrogen-bond donors (Lipinski definition) is 1. The third kappa shape index (κ3) is 3.54. The van der Waals surface area contributed by atoms with E-state index in [0.29, 0.717) is 28.8 Å². The molecule has 0 aliphatic heterocycles. The fourth-order valence-corrected chi connectivity index (χ4v) is 2.67. The summed E-state index contributed by atoms with van der Waals surface area (Å²) in [5.74, 6) is 1.00. The molecule has 3 nitrogen and oxygen atoms in total. The van der Waals surface area contributed by atoms with Crippen molar-refractivity contribution in [3.63, 3.8) is 0 Å². The maximum atomic E-state index is 12.1. The van der Waals surface area contributed by atoms with Crippen LogP contribution < -0.4 is 10.1 Å². The average molecular weight is 302 g/mol. The summed E-state index contributed by atoms with van der Waals surface area (Å²) in [6.45, 7) is 0.671. The van der Waals surface area contributed by atoms with Gasteiger partial charge in [0.05, 0.1) is 12.7 Å². The highest BCUT2D eigenvalue weighted by molar-refractivity contribution is 6.30. The number of nitrogens with one attached hydrogen (secondary N) is 1. The van der Waals surface area contributed by atoms with E-state index >= 15 is 0 Å². The molecule has 1 aliphatic carbocycles. The molecule has 1 aliphatic rings. The van der Waals surface area contributed by atoms with Gasteiger partial charge in [-0.15, -0.1) is 11.6 Å². The number of ether oxygens (including phenoxy) is 1. The molecule has 1 N–H and O–H groups in total. The van der Waals surface area contributed by atoms with Crippen molar-refractivity contribution < 1.29 is 9.53 Å². The first-order valence-corrected chi connectivity index (χ1v) is 7.19. The second-order valence-electron chi connectivity index (χ2n) is 4.97. The summed E-state index contributed by atoms with van der Waals surface area (Å²) in [4.78, 5) is 12.1. The van der Waals surface area contributed by atoms with Crippen LogP contribution in [0.15, 0.2) is 18.2 Å². The molecule has 5 heteroatoms. The molecule has 1 fully saturated rings. The van der Waals surface area contributed by atoms with Gasteiger partial charge in [0.15, 0.2) is 0 Å². The summed E-state index contributed by atoms with van der Waals surface area (Å²) in [6.07, 6.45) is 3.22. The van der Waals surface area contributed by atoms with Crippen LogP contribution in [0.5, 0.6) is 5.75 Å². The molecule has 0 saturated heterocycles. The Hall–Kier alpha value is -0.930. The maximum absolute atomic E-state index is 12.1. The molecule has 2 rings (SSSR count). The van der Waals surface area contributed by atoms with E-state index < -0.39 is 0 Å². The third-order valence-corrected chi connectivity index (χ3v) is 4.04. The van der Waals surface area contributed by atoms with E-state index in [2.05, 4.69) is 5.32 Å². The van der Waals surface area contributed by atoms with Crippen LogP contribution in [0.2, 0.25) is 5.02 Å². The highest BCUT2D eigenvalue weighted by Gasteiger charge is 2.41. The lowest BCUT2D eigenvalue weighted by Gasteiger charge is -2.15. The van der Waals surface area contributed by atoms with E-state index in [-0.39, 0.29) is 11.3 Å². The standard InChI is InChI=1S/C14H17Cl2NO2/c1-19-12-8-10(16)2-3-11(12)13(18)17-9-14(4-5-14)6-7-15/h2-3,8H,4-7,9H2,1H3,(H,17,18). The number of benzene rings is 1. The minimum absolute atomic E-state index is 0.130. The minimum Gasteiger partial charge on any atom is -0.496 e. The van der Waals surface area contributed by atoms with Gasteiger partial charge in [0.1, 0.15) is 5.75 Å². The number of halogens is 2. The van der Waals surface area contributed by atoms with Crippen LogP contribution in [-0.2, 0) is 0 Å². The van der Waals surface area contributed by atoms with Crippen LogP contribution in [0.3, 0.4) is 0 Å². The van der Waals surface area contributed by atoms with Gasteiger partial charge in [-0.05, 0) is 42.9 Å². The summed E-state index contributed by atoms with van der Waals surface area (Å²) in [5, 5.41) is 3.51. The van der Waals surface area contributed by atoms with E-state index in [1.807, 2.05) is 0 Å². The van der Waals surface area contributed by atoms with Gasteiger partial charge >= 0.3 is 0 Å². The number of rotatable bonds is 6. The van der Waals surface area contributed by atoms with Crippen LogP contribution in [0, 0.1) is 5.41 Å². The smallest absolute Gasteiger partial charge is 0.255 e. The predicted molar refractivity (Wildman–Crippen MR) is 77.3 cm³/mol. The van der Waals surface area contributed by atoms with Gasteiger partial charge < -0.3 is 10.1 Å². The number of methoxy groups -OCH3 is 1. The monoisotopic (exact) mass is 301 g/mol. The molecule has 0 aromatic heterocycles. The average Bonchev–Trinajstić information content (AvgIpc) is 3.16. The molecule has 1 saturated carbocycles. The Labute approximate surface area is 123 Å². The van der Waals surface area contributed by atoms with Gasteiger partial charge in [0.2, 0.25) is 0 Å². The van der Waals surface area contributed by atoms with Crippen LogP contribution >= 0.6 is 23.2 Å². The van der Waals surface area contributed by atoms with Crippen molar-refractivity contribution in [3.05, 3.63) is 28.8 Å². The molecule has 0 unspecified atom stereocenters. The Kier molecular flexibility index (Phi) is 4.58. The summed E-state index contributed by atoms with van der Waals surface area (Å²) < 4.78 is 5.18. The number of amides is 1. The summed E-state index contributed by atoms with van der Waals surface area (Å²) >= 11 is 11.7. The van der Waals surface area contributed by atoms with E-state index in [0.717, 1.165) is 19.3 Å². The Bertz CT molecular complexity index is 473. The first-order valence-electron chi connectivity index (χ1n) is 6.28. The van der Waals surface area contributed by atoms with Crippen molar-refractivity contribution >= 4 is 29.1 Å². The van der Waals surface area contributed by atoms with Crippen LogP contribution in [-0.4, -0.2) is 25.4 Å². The first kappa shape index (κ1) is 14.5. The molecule has 1 aromatic carbocycles. The maximum Gasteiger partial charge on any atom is 0.255 e. The first-order chi connectivity index (χ1) is 9.10. The van der Waals surface area contributed by atoms with Gasteiger partial charge in [0.25, 0.3) is 5.91 Å². The number of alkyl halides is 1. The van der Waals surface area contributed by atoms with Crippen molar-refractivity contribution in [1.29, 1.82) is 0 Å². The Morgan fingerprint density at radius 2 is 2.21 bits per heavy atom. The highest BCUT2D eigenvalue weighted by atomic mass is 35.5. The van der Waals surface area contributed by atoms with Crippen molar-refractivity contribution in [3.8, 4) is 5.75 Å². The molecule has 1 aromatic rings. The zero-order valence-electron chi connectivity index (χ0n) is 10.8. The Balaban J connectivity index is 2.00. The number of hydrogen-bond acceptors (Lipinski definition) is 2. The molecule has 104 valence electrons. The molecular formula is C14H17Cl2NO2. The van der Waals surface area contributed by atoms with Crippen LogP contribution in [0.25, 0.3) is 0 Å². The van der Waals surface area contributed by atoms with Crippen molar-refractivity contribution in [2.45, 2.75) is 19.3 Å². The van der Waals surface area contributed by atoms with Gasteiger partial charge in [-0.25, -0.2) is 0 Å². The van der Waals surface area contributed by atoms with E-state index in [1.165, 1.54) is 7.11 Å². The molecule has 0 radical (unpaired) electrons. The van der Waals surface area contributed by atoms with Crippen LogP contribution in [0.4, 0.5) is 0 Å². The fraction of sp³-hybridized carbons (Fsp3) is 0.500. The van der Waals surface area contributed by atoms with Crippen molar-refractivity contribution in [1.82, 2.24) is 5.32 Å². The summed E-state index contributed by atoms with van der Waals surface area (Å²) in [7, 11) is 1.53. The molecule has 1 amide bonds. The Morgan fingerprint density at radius 3 is 2.79 bits per heavy atom. The van der Waals surface area contributed by atoms with Crippen molar-refractivity contribution in [2.75, 3.05) is 19.5 Å². The molecule has 0 heterocycles. The second-order valence-corrected chi connectivity index (χ2v) is 5.78. The lowest BCUT2D eigenvalue weighted by Crippen LogP contribution is -2.30. The zero-order valence-corrected chi connectivity index (χ0v) is 12.4. The van der Waals surface area contributed by atoms with Crippen LogP contribution in [0.1, 0.15) is 29.6 Å². The minimum atomic E-state index is -0.130. The van der Waals surface area contributed by atoms with Gasteiger partial charge in [0, 0.05) is 17.4 Å². The number of carbonyl (C=O) groups excluding carboxylic acids is 1. The van der Waals surface area contributed by atoms with E-state index in [1.54, 1.807) is 18.2 Å². The molecule has 0 bridgehead atoms. The molecule has 19 heavy (non-hydrogen) atoms. The summed E-state index contributed by atoms with van der Waals surface area (Å²) in [6, 6.07) is 5.00. The van der Waals surface area contributed by atoms with Gasteiger partial charge in [-0.3, -0.25) is 4.79 Å². The predicted octanol–water partition coefficient (Wildman–Crippen LogP) is 3.49. The third-order valence-electron chi connectivity index (χ3n) is 3.61. The Morgan fingerprint density at radius 1 is 1.47 bits per heavy atom. The normalized spacial score (nSPS) is 15.9. The van der Waals surface area contributed by atoms with Crippen molar-refractivity contribution in [2.24, 2.45) is 5.41 Å².